The minimum atomic E-state index is -4.67. The number of aromatic nitrogens is 2. The van der Waals surface area contributed by atoms with Crippen LogP contribution < -0.4 is 4.72 Å². The number of aliphatic carboxylic acids is 1. The Labute approximate surface area is 138 Å². The van der Waals surface area contributed by atoms with Crippen LogP contribution >= 0.6 is 11.3 Å². The molecular weight excluding hydrogens is 371 g/mol. The van der Waals surface area contributed by atoms with E-state index in [2.05, 4.69) is 5.10 Å². The van der Waals surface area contributed by atoms with E-state index in [1.54, 1.807) is 7.05 Å². The van der Waals surface area contributed by atoms with Gasteiger partial charge in [0.15, 0.2) is 0 Å². The van der Waals surface area contributed by atoms with Crippen molar-refractivity contribution in [2.75, 3.05) is 0 Å². The Hall–Kier alpha value is -1.92. The number of alkyl halides is 3. The molecule has 2 heterocycles. The van der Waals surface area contributed by atoms with Crippen molar-refractivity contribution < 1.29 is 31.5 Å². The number of thiophene rings is 1. The van der Waals surface area contributed by atoms with Gasteiger partial charge in [0.1, 0.15) is 15.1 Å². The van der Waals surface area contributed by atoms with E-state index in [1.807, 2.05) is 4.72 Å². The number of nitrogens with one attached hydrogen (secondary N) is 1. The second-order valence-corrected chi connectivity index (χ2v) is 7.88. The van der Waals surface area contributed by atoms with Gasteiger partial charge in [-0.25, -0.2) is 8.42 Å². The number of hydrogen-bond donors (Lipinski definition) is 2. The maximum absolute atomic E-state index is 12.6. The van der Waals surface area contributed by atoms with Gasteiger partial charge in [0.05, 0.1) is 6.20 Å². The molecule has 2 rings (SSSR count). The van der Waals surface area contributed by atoms with Gasteiger partial charge in [-0.2, -0.15) is 23.0 Å². The van der Waals surface area contributed by atoms with Crippen molar-refractivity contribution in [2.24, 2.45) is 7.05 Å². The van der Waals surface area contributed by atoms with Crippen LogP contribution in [0.2, 0.25) is 0 Å². The average Bonchev–Trinajstić information content (AvgIpc) is 3.06. The highest BCUT2D eigenvalue weighted by atomic mass is 32.2. The van der Waals surface area contributed by atoms with Gasteiger partial charge < -0.3 is 5.11 Å². The predicted octanol–water partition coefficient (Wildman–Crippen LogP) is 1.47. The quantitative estimate of drug-likeness (QED) is 0.787. The van der Waals surface area contributed by atoms with Crippen molar-refractivity contribution in [3.05, 3.63) is 35.0 Å². The maximum atomic E-state index is 12.6. The van der Waals surface area contributed by atoms with E-state index < -0.39 is 37.3 Å². The summed E-state index contributed by atoms with van der Waals surface area (Å²) in [5, 5.41) is 13.0. The summed E-state index contributed by atoms with van der Waals surface area (Å²) in [6, 6.07) is -0.106. The van der Waals surface area contributed by atoms with Gasteiger partial charge in [0.25, 0.3) is 10.0 Å². The zero-order valence-electron chi connectivity index (χ0n) is 12.1. The van der Waals surface area contributed by atoms with Gasteiger partial charge in [-0.3, -0.25) is 9.48 Å². The molecule has 0 amide bonds. The van der Waals surface area contributed by atoms with Gasteiger partial charge in [0, 0.05) is 19.7 Å². The molecule has 0 aliphatic rings. The highest BCUT2D eigenvalue weighted by Crippen LogP contribution is 2.36. The lowest BCUT2D eigenvalue weighted by atomic mass is 10.1. The summed E-state index contributed by atoms with van der Waals surface area (Å²) in [6.07, 6.45) is -1.98. The van der Waals surface area contributed by atoms with Crippen LogP contribution in [0.5, 0.6) is 0 Å². The lowest BCUT2D eigenvalue weighted by Gasteiger charge is -2.13. The molecule has 1 unspecified atom stereocenters. The van der Waals surface area contributed by atoms with Crippen LogP contribution in [0.1, 0.15) is 10.4 Å². The second-order valence-electron chi connectivity index (χ2n) is 4.85. The van der Waals surface area contributed by atoms with E-state index in [4.69, 9.17) is 5.11 Å². The summed E-state index contributed by atoms with van der Waals surface area (Å²) >= 11 is 0.0260. The number of halogens is 3. The molecule has 2 aromatic heterocycles. The number of nitrogens with zero attached hydrogens (tertiary/aromatic N) is 2. The SMILES string of the molecule is Cn1cc(CC(NS(=O)(=O)c2ccc(C(F)(F)F)s2)C(=O)O)cn1. The van der Waals surface area contributed by atoms with Crippen LogP contribution in [0.3, 0.4) is 0 Å². The van der Waals surface area contributed by atoms with Gasteiger partial charge in [-0.1, -0.05) is 0 Å². The van der Waals surface area contributed by atoms with E-state index in [-0.39, 0.29) is 17.8 Å². The fraction of sp³-hybridized carbons (Fsp3) is 0.333. The van der Waals surface area contributed by atoms with E-state index >= 15 is 0 Å². The fourth-order valence-corrected chi connectivity index (χ4v) is 4.23. The highest BCUT2D eigenvalue weighted by molar-refractivity contribution is 7.91. The minimum Gasteiger partial charge on any atom is -0.480 e. The Bertz CT molecular complexity index is 842. The number of aryl methyl sites for hydroxylation is 1. The van der Waals surface area contributed by atoms with Crippen molar-refractivity contribution in [1.29, 1.82) is 0 Å². The molecule has 0 radical (unpaired) electrons. The summed E-state index contributed by atoms with van der Waals surface area (Å²) in [4.78, 5) is 10.2. The van der Waals surface area contributed by atoms with Gasteiger partial charge in [-0.15, -0.1) is 11.3 Å². The fourth-order valence-electron chi connectivity index (χ4n) is 1.85. The predicted molar refractivity (Wildman–Crippen MR) is 78.0 cm³/mol. The lowest BCUT2D eigenvalue weighted by molar-refractivity contribution is -0.139. The normalized spacial score (nSPS) is 13.8. The number of sulfonamides is 1. The van der Waals surface area contributed by atoms with Crippen molar-refractivity contribution >= 4 is 27.3 Å². The molecule has 0 aliphatic carbocycles. The molecule has 24 heavy (non-hydrogen) atoms. The van der Waals surface area contributed by atoms with Crippen LogP contribution in [0.15, 0.2) is 28.7 Å². The number of rotatable bonds is 6. The van der Waals surface area contributed by atoms with Crippen LogP contribution in [0.25, 0.3) is 0 Å². The lowest BCUT2D eigenvalue weighted by Crippen LogP contribution is -2.41. The first-order chi connectivity index (χ1) is 11.0. The van der Waals surface area contributed by atoms with E-state index in [0.29, 0.717) is 11.6 Å². The molecule has 132 valence electrons. The van der Waals surface area contributed by atoms with Gasteiger partial charge in [0.2, 0.25) is 0 Å². The summed E-state index contributed by atoms with van der Waals surface area (Å²) in [7, 11) is -2.79. The standard InChI is InChI=1S/C12H12F3N3O4S2/c1-18-6-7(5-16-18)4-8(11(19)20)17-24(21,22)10-3-2-9(23-10)12(13,14)15/h2-3,5-6,8,17H,4H2,1H3,(H,19,20). The molecule has 0 saturated heterocycles. The Morgan fingerprint density at radius 3 is 2.58 bits per heavy atom. The summed E-state index contributed by atoms with van der Waals surface area (Å²) in [5.74, 6) is -1.45. The summed E-state index contributed by atoms with van der Waals surface area (Å²) in [6.45, 7) is 0. The zero-order chi connectivity index (χ0) is 18.1. The molecule has 1 atom stereocenters. The third-order valence-corrected chi connectivity index (χ3v) is 6.01. The topological polar surface area (TPSA) is 101 Å². The maximum Gasteiger partial charge on any atom is 0.425 e. The van der Waals surface area contributed by atoms with E-state index in [9.17, 15) is 26.4 Å². The molecule has 0 fully saturated rings. The molecule has 0 aromatic carbocycles. The van der Waals surface area contributed by atoms with Crippen LogP contribution in [0.4, 0.5) is 13.2 Å². The van der Waals surface area contributed by atoms with Gasteiger partial charge >= 0.3 is 12.1 Å². The van der Waals surface area contributed by atoms with Crippen molar-refractivity contribution in [1.82, 2.24) is 14.5 Å². The third kappa shape index (κ3) is 4.33. The zero-order valence-corrected chi connectivity index (χ0v) is 13.7. The van der Waals surface area contributed by atoms with Crippen molar-refractivity contribution in [3.8, 4) is 0 Å². The smallest absolute Gasteiger partial charge is 0.425 e. The third-order valence-electron chi connectivity index (χ3n) is 2.92. The van der Waals surface area contributed by atoms with Crippen molar-refractivity contribution in [2.45, 2.75) is 22.8 Å². The van der Waals surface area contributed by atoms with Crippen LogP contribution in [0, 0.1) is 0 Å². The number of carboxylic acid groups (broad SMARTS) is 1. The molecule has 0 spiro atoms. The molecular formula is C12H12F3N3O4S2. The summed E-state index contributed by atoms with van der Waals surface area (Å²) < 4.78 is 64.7. The van der Waals surface area contributed by atoms with E-state index in [0.717, 1.165) is 6.07 Å². The van der Waals surface area contributed by atoms with Crippen LogP contribution in [-0.4, -0.2) is 35.3 Å². The highest BCUT2D eigenvalue weighted by Gasteiger charge is 2.35. The number of carbonyl (C=O) groups is 1. The van der Waals surface area contributed by atoms with Gasteiger partial charge in [-0.05, 0) is 17.7 Å². The van der Waals surface area contributed by atoms with Crippen molar-refractivity contribution in [3.63, 3.8) is 0 Å². The van der Waals surface area contributed by atoms with Crippen LogP contribution in [-0.2, 0) is 34.5 Å². The first-order valence-corrected chi connectivity index (χ1v) is 8.68. The molecule has 0 bridgehead atoms. The minimum absolute atomic E-state index is 0.0260. The largest absolute Gasteiger partial charge is 0.480 e. The Morgan fingerprint density at radius 2 is 2.12 bits per heavy atom. The monoisotopic (exact) mass is 383 g/mol. The number of carboxylic acids is 1. The Kier molecular flexibility index (Phi) is 5.01. The molecule has 7 nitrogen and oxygen atoms in total. The number of hydrogen-bond acceptors (Lipinski definition) is 5. The van der Waals surface area contributed by atoms with E-state index in [1.165, 1.54) is 17.1 Å². The molecule has 2 N–H and O–H groups in total. The molecule has 0 saturated carbocycles. The molecule has 2 aromatic rings. The Morgan fingerprint density at radius 1 is 1.46 bits per heavy atom. The molecule has 12 heteroatoms. The average molecular weight is 383 g/mol. The second kappa shape index (κ2) is 6.53. The molecule has 0 aliphatic heterocycles. The first kappa shape index (κ1) is 18.4. The summed E-state index contributed by atoms with van der Waals surface area (Å²) in [5.41, 5.74) is 0.467. The first-order valence-electron chi connectivity index (χ1n) is 6.39. The Balaban J connectivity index is 2.21.